The van der Waals surface area contributed by atoms with Gasteiger partial charge >= 0.3 is 0 Å². The molecule has 0 saturated carbocycles. The van der Waals surface area contributed by atoms with Gasteiger partial charge in [0.15, 0.2) is 16.9 Å². The van der Waals surface area contributed by atoms with E-state index in [9.17, 15) is 40.5 Å². The van der Waals surface area contributed by atoms with Crippen LogP contribution in [0.3, 0.4) is 0 Å². The van der Waals surface area contributed by atoms with Crippen molar-refractivity contribution in [2.75, 3.05) is 6.61 Å². The number of rotatable bonds is 4. The van der Waals surface area contributed by atoms with Crippen molar-refractivity contribution in [3.8, 4) is 34.3 Å². The molecule has 1 aliphatic heterocycles. The van der Waals surface area contributed by atoms with Gasteiger partial charge in [-0.3, -0.25) is 4.79 Å². The van der Waals surface area contributed by atoms with Crippen LogP contribution in [0, 0.1) is 0 Å². The molecule has 0 spiro atoms. The number of hydrogen-bond acceptors (Lipinski definition) is 11. The fourth-order valence-corrected chi connectivity index (χ4v) is 3.43. The average Bonchev–Trinajstić information content (AvgIpc) is 2.75. The number of ether oxygens (including phenoxy) is 2. The molecule has 11 heteroatoms. The fourth-order valence-electron chi connectivity index (χ4n) is 3.43. The smallest absolute Gasteiger partial charge is 0.229 e. The Morgan fingerprint density at radius 1 is 0.875 bits per heavy atom. The highest BCUT2D eigenvalue weighted by molar-refractivity contribution is 5.86. The Kier molecular flexibility index (Phi) is 5.67. The van der Waals surface area contributed by atoms with E-state index in [0.717, 1.165) is 12.1 Å². The van der Waals surface area contributed by atoms with Gasteiger partial charge < -0.3 is 49.6 Å². The van der Waals surface area contributed by atoms with E-state index in [1.807, 2.05) is 0 Å². The molecular formula is C21H20O11. The molecule has 0 radical (unpaired) electrons. The molecule has 2 heterocycles. The van der Waals surface area contributed by atoms with E-state index in [1.54, 1.807) is 0 Å². The first-order valence-corrected chi connectivity index (χ1v) is 9.50. The Bertz CT molecular complexity index is 1200. The summed E-state index contributed by atoms with van der Waals surface area (Å²) in [7, 11) is 0. The van der Waals surface area contributed by atoms with Crippen LogP contribution in [0.15, 0.2) is 45.6 Å². The largest absolute Gasteiger partial charge is 0.507 e. The lowest BCUT2D eigenvalue weighted by atomic mass is 9.99. The van der Waals surface area contributed by atoms with Gasteiger partial charge in [-0.15, -0.1) is 0 Å². The van der Waals surface area contributed by atoms with Crippen LogP contribution in [0.1, 0.15) is 0 Å². The zero-order valence-corrected chi connectivity index (χ0v) is 16.3. The molecule has 0 bridgehead atoms. The summed E-state index contributed by atoms with van der Waals surface area (Å²) in [5.41, 5.74) is -0.413. The maximum absolute atomic E-state index is 12.5. The first kappa shape index (κ1) is 21.9. The van der Waals surface area contributed by atoms with Gasteiger partial charge in [0.05, 0.1) is 6.61 Å². The summed E-state index contributed by atoms with van der Waals surface area (Å²) in [5.74, 6) is -1.34. The first-order chi connectivity index (χ1) is 15.2. The topological polar surface area (TPSA) is 190 Å². The van der Waals surface area contributed by atoms with Gasteiger partial charge in [0.25, 0.3) is 0 Å². The number of benzene rings is 2. The van der Waals surface area contributed by atoms with E-state index in [-0.39, 0.29) is 33.8 Å². The van der Waals surface area contributed by atoms with E-state index >= 15 is 0 Å². The number of phenolic OH excluding ortho intramolecular Hbond substituents is 3. The highest BCUT2D eigenvalue weighted by Crippen LogP contribution is 2.35. The minimum atomic E-state index is -1.68. The Labute approximate surface area is 179 Å². The van der Waals surface area contributed by atoms with Crippen molar-refractivity contribution < 1.29 is 49.6 Å². The summed E-state index contributed by atoms with van der Waals surface area (Å²) >= 11 is 0. The predicted octanol–water partition coefficient (Wildman–Crippen LogP) is -0.245. The molecule has 1 fully saturated rings. The second-order valence-corrected chi connectivity index (χ2v) is 7.31. The number of phenols is 3. The average molecular weight is 448 g/mol. The molecular weight excluding hydrogens is 428 g/mol. The van der Waals surface area contributed by atoms with Crippen molar-refractivity contribution in [1.82, 2.24) is 0 Å². The van der Waals surface area contributed by atoms with Crippen LogP contribution >= 0.6 is 0 Å². The van der Waals surface area contributed by atoms with Crippen molar-refractivity contribution in [3.63, 3.8) is 0 Å². The van der Waals surface area contributed by atoms with Crippen molar-refractivity contribution >= 4 is 11.0 Å². The van der Waals surface area contributed by atoms with Gasteiger partial charge in [0.1, 0.15) is 52.6 Å². The number of aliphatic hydroxyl groups is 4. The first-order valence-electron chi connectivity index (χ1n) is 9.50. The van der Waals surface area contributed by atoms with E-state index in [2.05, 4.69) is 0 Å². The molecule has 0 amide bonds. The maximum Gasteiger partial charge on any atom is 0.229 e. The summed E-state index contributed by atoms with van der Waals surface area (Å²) < 4.78 is 16.4. The number of hydrogen-bond donors (Lipinski definition) is 7. The van der Waals surface area contributed by atoms with Crippen LogP contribution in [0.4, 0.5) is 0 Å². The third kappa shape index (κ3) is 3.83. The molecule has 1 saturated heterocycles. The van der Waals surface area contributed by atoms with Crippen LogP contribution in [0.25, 0.3) is 22.3 Å². The Morgan fingerprint density at radius 2 is 1.62 bits per heavy atom. The van der Waals surface area contributed by atoms with Gasteiger partial charge in [-0.1, -0.05) is 0 Å². The quantitative estimate of drug-likeness (QED) is 0.261. The number of aliphatic hydroxyl groups excluding tert-OH is 4. The molecule has 32 heavy (non-hydrogen) atoms. The molecule has 170 valence electrons. The maximum atomic E-state index is 12.5. The van der Waals surface area contributed by atoms with E-state index in [1.165, 1.54) is 24.3 Å². The Balaban J connectivity index is 1.72. The fraction of sp³-hybridized carbons (Fsp3) is 0.286. The molecule has 4 rings (SSSR count). The van der Waals surface area contributed by atoms with Crippen LogP contribution in [0.2, 0.25) is 0 Å². The number of aromatic hydroxyl groups is 3. The molecule has 0 unspecified atom stereocenters. The normalized spacial score (nSPS) is 25.7. The highest BCUT2D eigenvalue weighted by atomic mass is 16.7. The summed E-state index contributed by atoms with van der Waals surface area (Å²) in [5, 5.41) is 68.5. The molecule has 1 aliphatic rings. The van der Waals surface area contributed by atoms with Crippen LogP contribution in [0.5, 0.6) is 23.0 Å². The van der Waals surface area contributed by atoms with Crippen LogP contribution < -0.4 is 10.2 Å². The monoisotopic (exact) mass is 448 g/mol. The summed E-state index contributed by atoms with van der Waals surface area (Å²) in [6, 6.07) is 7.23. The molecule has 2 aromatic carbocycles. The molecule has 0 aliphatic carbocycles. The minimum Gasteiger partial charge on any atom is -0.507 e. The molecule has 1 aromatic heterocycles. The predicted molar refractivity (Wildman–Crippen MR) is 107 cm³/mol. The lowest BCUT2D eigenvalue weighted by molar-refractivity contribution is -0.277. The van der Waals surface area contributed by atoms with Crippen LogP contribution in [-0.2, 0) is 4.74 Å². The Morgan fingerprint density at radius 3 is 2.31 bits per heavy atom. The van der Waals surface area contributed by atoms with Gasteiger partial charge in [-0.25, -0.2) is 0 Å². The molecule has 7 N–H and O–H groups in total. The highest BCUT2D eigenvalue weighted by Gasteiger charge is 2.44. The van der Waals surface area contributed by atoms with Crippen molar-refractivity contribution in [3.05, 3.63) is 46.6 Å². The zero-order valence-electron chi connectivity index (χ0n) is 16.3. The number of fused-ring (bicyclic) bond motifs is 1. The standard InChI is InChI=1S/C21H20O11/c22-7-16-18(27)19(28)20(29)21(32-16)30-9-4-12(25)17-13(26)6-14(31-15(17)5-9)8-1-2-10(23)11(24)3-8/h1-6,16,18-25,27-29H,7H2/t16-,18+,19+,20-,21-/m1/s1. The zero-order chi connectivity index (χ0) is 23.2. The minimum absolute atomic E-state index is 0.0298. The van der Waals surface area contributed by atoms with Crippen molar-refractivity contribution in [2.24, 2.45) is 0 Å². The van der Waals surface area contributed by atoms with Crippen molar-refractivity contribution in [1.29, 1.82) is 0 Å². The van der Waals surface area contributed by atoms with E-state index in [4.69, 9.17) is 13.9 Å². The lowest BCUT2D eigenvalue weighted by Crippen LogP contribution is -2.60. The molecule has 5 atom stereocenters. The molecule has 11 nitrogen and oxygen atoms in total. The third-order valence-electron chi connectivity index (χ3n) is 5.14. The van der Waals surface area contributed by atoms with E-state index < -0.39 is 54.2 Å². The van der Waals surface area contributed by atoms with Gasteiger partial charge in [0.2, 0.25) is 6.29 Å². The van der Waals surface area contributed by atoms with Gasteiger partial charge in [0, 0.05) is 23.8 Å². The second kappa shape index (κ2) is 8.30. The lowest BCUT2D eigenvalue weighted by Gasteiger charge is -2.39. The summed E-state index contributed by atoms with van der Waals surface area (Å²) in [6.07, 6.45) is -7.61. The SMILES string of the molecule is O=c1cc(-c2ccc(O)c(O)c2)oc2cc(O[C@@H]3O[C@H](CO)[C@H](O)[C@H](O)[C@H]3O)cc(O)c12. The van der Waals surface area contributed by atoms with Crippen LogP contribution in [-0.4, -0.2) is 73.1 Å². The van der Waals surface area contributed by atoms with Gasteiger partial charge in [-0.2, -0.15) is 0 Å². The Hall–Kier alpha value is -3.35. The summed E-state index contributed by atoms with van der Waals surface area (Å²) in [6.45, 7) is -0.647. The van der Waals surface area contributed by atoms with Gasteiger partial charge in [-0.05, 0) is 18.2 Å². The second-order valence-electron chi connectivity index (χ2n) is 7.31. The molecule has 3 aromatic rings. The summed E-state index contributed by atoms with van der Waals surface area (Å²) in [4.78, 5) is 12.5. The van der Waals surface area contributed by atoms with E-state index in [0.29, 0.717) is 0 Å². The van der Waals surface area contributed by atoms with Crippen molar-refractivity contribution in [2.45, 2.75) is 30.7 Å². The third-order valence-corrected chi connectivity index (χ3v) is 5.14.